The largest absolute Gasteiger partial charge is 0.496 e. The second-order valence-corrected chi connectivity index (χ2v) is 5.26. The number of rotatable bonds is 3. The summed E-state index contributed by atoms with van der Waals surface area (Å²) in [5.74, 6) is 0.835. The molecule has 1 heterocycles. The molecule has 1 aromatic carbocycles. The highest BCUT2D eigenvalue weighted by Gasteiger charge is 2.23. The molecule has 7 heteroatoms. The molecule has 1 fully saturated rings. The van der Waals surface area contributed by atoms with Gasteiger partial charge >= 0.3 is 6.03 Å². The number of ether oxygens (including phenoxy) is 1. The molecule has 0 saturated carbocycles. The number of nitrogens with zero attached hydrogens (tertiary/aromatic N) is 2. The second kappa shape index (κ2) is 6.43. The minimum absolute atomic E-state index is 0.173. The SMILES string of the molecule is COc1ccc(NC(=O)N2CCC[C@H](C)C2)c([N+](=O)[O-])c1. The lowest BCUT2D eigenvalue weighted by molar-refractivity contribution is -0.384. The Bertz CT molecular complexity index is 547. The number of hydrogen-bond acceptors (Lipinski definition) is 4. The van der Waals surface area contributed by atoms with Gasteiger partial charge in [0.1, 0.15) is 11.4 Å². The van der Waals surface area contributed by atoms with Gasteiger partial charge in [-0.2, -0.15) is 0 Å². The Morgan fingerprint density at radius 3 is 2.90 bits per heavy atom. The predicted molar refractivity (Wildman–Crippen MR) is 78.6 cm³/mol. The first kappa shape index (κ1) is 15.1. The van der Waals surface area contributed by atoms with Crippen LogP contribution in [0, 0.1) is 16.0 Å². The number of carbonyl (C=O) groups excluding carboxylic acids is 1. The van der Waals surface area contributed by atoms with Crippen molar-refractivity contribution < 1.29 is 14.5 Å². The van der Waals surface area contributed by atoms with Crippen LogP contribution in [0.25, 0.3) is 0 Å². The van der Waals surface area contributed by atoms with Crippen molar-refractivity contribution in [1.82, 2.24) is 4.90 Å². The van der Waals surface area contributed by atoms with Gasteiger partial charge in [-0.3, -0.25) is 10.1 Å². The summed E-state index contributed by atoms with van der Waals surface area (Å²) in [5.41, 5.74) is 0.0109. The predicted octanol–water partition coefficient (Wildman–Crippen LogP) is 2.87. The maximum absolute atomic E-state index is 12.2. The van der Waals surface area contributed by atoms with Crippen molar-refractivity contribution in [2.45, 2.75) is 19.8 Å². The fourth-order valence-electron chi connectivity index (χ4n) is 2.46. The molecule has 114 valence electrons. The summed E-state index contributed by atoms with van der Waals surface area (Å²) < 4.78 is 4.97. The van der Waals surface area contributed by atoms with E-state index in [2.05, 4.69) is 12.2 Å². The molecule has 0 bridgehead atoms. The summed E-state index contributed by atoms with van der Waals surface area (Å²) in [4.78, 5) is 24.5. The molecule has 2 amide bonds. The van der Waals surface area contributed by atoms with Gasteiger partial charge in [0.2, 0.25) is 0 Å². The Hall–Kier alpha value is -2.31. The quantitative estimate of drug-likeness (QED) is 0.686. The van der Waals surface area contributed by atoms with E-state index in [0.717, 1.165) is 12.8 Å². The molecule has 0 radical (unpaired) electrons. The number of piperidine rings is 1. The third-order valence-corrected chi connectivity index (χ3v) is 3.59. The average molecular weight is 293 g/mol. The van der Waals surface area contributed by atoms with Crippen LogP contribution in [0.3, 0.4) is 0 Å². The van der Waals surface area contributed by atoms with E-state index in [1.165, 1.54) is 19.2 Å². The number of nitro benzene ring substituents is 1. The van der Waals surface area contributed by atoms with Gasteiger partial charge in [0, 0.05) is 13.1 Å². The lowest BCUT2D eigenvalue weighted by Gasteiger charge is -2.30. The molecule has 2 rings (SSSR count). The van der Waals surface area contributed by atoms with Crippen molar-refractivity contribution in [3.8, 4) is 5.75 Å². The topological polar surface area (TPSA) is 84.7 Å². The zero-order valence-electron chi connectivity index (χ0n) is 12.2. The Morgan fingerprint density at radius 1 is 1.52 bits per heavy atom. The van der Waals surface area contributed by atoms with E-state index in [1.807, 2.05) is 0 Å². The number of anilines is 1. The molecule has 21 heavy (non-hydrogen) atoms. The summed E-state index contributed by atoms with van der Waals surface area (Å²) >= 11 is 0. The van der Waals surface area contributed by atoms with Gasteiger partial charge in [-0.05, 0) is 30.9 Å². The van der Waals surface area contributed by atoms with Crippen LogP contribution in [0.1, 0.15) is 19.8 Å². The van der Waals surface area contributed by atoms with Crippen LogP contribution in [0.5, 0.6) is 5.75 Å². The van der Waals surface area contributed by atoms with E-state index in [9.17, 15) is 14.9 Å². The molecule has 1 aliphatic heterocycles. The van der Waals surface area contributed by atoms with Gasteiger partial charge in [-0.15, -0.1) is 0 Å². The van der Waals surface area contributed by atoms with Gasteiger partial charge in [0.05, 0.1) is 18.1 Å². The van der Waals surface area contributed by atoms with Crippen molar-refractivity contribution >= 4 is 17.4 Å². The number of likely N-dealkylation sites (tertiary alicyclic amines) is 1. The van der Waals surface area contributed by atoms with E-state index in [1.54, 1.807) is 11.0 Å². The van der Waals surface area contributed by atoms with E-state index in [-0.39, 0.29) is 17.4 Å². The summed E-state index contributed by atoms with van der Waals surface area (Å²) in [6.07, 6.45) is 2.06. The number of carbonyl (C=O) groups is 1. The third kappa shape index (κ3) is 3.62. The van der Waals surface area contributed by atoms with E-state index >= 15 is 0 Å². The van der Waals surface area contributed by atoms with Crippen LogP contribution in [-0.2, 0) is 0 Å². The molecule has 1 N–H and O–H groups in total. The number of benzene rings is 1. The van der Waals surface area contributed by atoms with Crippen molar-refractivity contribution in [2.75, 3.05) is 25.5 Å². The van der Waals surface area contributed by atoms with Crippen LogP contribution in [0.4, 0.5) is 16.2 Å². The van der Waals surface area contributed by atoms with Crippen LogP contribution >= 0.6 is 0 Å². The molecule has 0 spiro atoms. The molecule has 7 nitrogen and oxygen atoms in total. The first-order chi connectivity index (χ1) is 10.0. The number of urea groups is 1. The molecular formula is C14H19N3O4. The number of nitro groups is 1. The van der Waals surface area contributed by atoms with Gasteiger partial charge in [-0.1, -0.05) is 6.92 Å². The Balaban J connectivity index is 2.14. The minimum Gasteiger partial charge on any atom is -0.496 e. The standard InChI is InChI=1S/C14H19N3O4/c1-10-4-3-7-16(9-10)14(18)15-12-6-5-11(21-2)8-13(12)17(19)20/h5-6,8,10H,3-4,7,9H2,1-2H3,(H,15,18)/t10-/m0/s1. The smallest absolute Gasteiger partial charge is 0.322 e. The van der Waals surface area contributed by atoms with E-state index < -0.39 is 4.92 Å². The zero-order chi connectivity index (χ0) is 15.4. The fraction of sp³-hybridized carbons (Fsp3) is 0.500. The normalized spacial score (nSPS) is 18.2. The number of methoxy groups -OCH3 is 1. The maximum Gasteiger partial charge on any atom is 0.322 e. The third-order valence-electron chi connectivity index (χ3n) is 3.59. The van der Waals surface area contributed by atoms with E-state index in [4.69, 9.17) is 4.74 Å². The van der Waals surface area contributed by atoms with Crippen LogP contribution in [-0.4, -0.2) is 36.1 Å². The van der Waals surface area contributed by atoms with Gasteiger partial charge in [0.15, 0.2) is 0 Å². The van der Waals surface area contributed by atoms with Crippen molar-refractivity contribution in [3.05, 3.63) is 28.3 Å². The minimum atomic E-state index is -0.531. The highest BCUT2D eigenvalue weighted by Crippen LogP contribution is 2.29. The molecule has 1 saturated heterocycles. The second-order valence-electron chi connectivity index (χ2n) is 5.26. The molecule has 1 atom stereocenters. The number of hydrogen-bond donors (Lipinski definition) is 1. The molecule has 1 aromatic rings. The molecule has 0 aliphatic carbocycles. The van der Waals surface area contributed by atoms with Gasteiger partial charge in [-0.25, -0.2) is 4.79 Å². The lowest BCUT2D eigenvalue weighted by Crippen LogP contribution is -2.41. The summed E-state index contributed by atoms with van der Waals surface area (Å²) in [6.45, 7) is 3.45. The number of nitrogens with one attached hydrogen (secondary N) is 1. The fourth-order valence-corrected chi connectivity index (χ4v) is 2.46. The number of amides is 2. The van der Waals surface area contributed by atoms with E-state index in [0.29, 0.717) is 24.8 Å². The Morgan fingerprint density at radius 2 is 2.29 bits per heavy atom. The summed E-state index contributed by atoms with van der Waals surface area (Å²) in [5, 5.41) is 13.7. The lowest BCUT2D eigenvalue weighted by atomic mass is 10.0. The Labute approximate surface area is 123 Å². The Kier molecular flexibility index (Phi) is 4.62. The zero-order valence-corrected chi connectivity index (χ0v) is 12.2. The highest BCUT2D eigenvalue weighted by molar-refractivity contribution is 5.92. The molecular weight excluding hydrogens is 274 g/mol. The molecule has 1 aliphatic rings. The summed E-state index contributed by atoms with van der Waals surface area (Å²) in [7, 11) is 1.44. The van der Waals surface area contributed by atoms with Crippen LogP contribution in [0.15, 0.2) is 18.2 Å². The van der Waals surface area contributed by atoms with Crippen molar-refractivity contribution in [2.24, 2.45) is 5.92 Å². The van der Waals surface area contributed by atoms with Crippen LogP contribution in [0.2, 0.25) is 0 Å². The first-order valence-electron chi connectivity index (χ1n) is 6.89. The van der Waals surface area contributed by atoms with Gasteiger partial charge in [0.25, 0.3) is 5.69 Å². The maximum atomic E-state index is 12.2. The monoisotopic (exact) mass is 293 g/mol. The molecule has 0 aromatic heterocycles. The molecule has 0 unspecified atom stereocenters. The van der Waals surface area contributed by atoms with Crippen molar-refractivity contribution in [1.29, 1.82) is 0 Å². The summed E-state index contributed by atoms with van der Waals surface area (Å²) in [6, 6.07) is 4.08. The van der Waals surface area contributed by atoms with Crippen molar-refractivity contribution in [3.63, 3.8) is 0 Å². The van der Waals surface area contributed by atoms with Crippen LogP contribution < -0.4 is 10.1 Å². The van der Waals surface area contributed by atoms with Gasteiger partial charge < -0.3 is 15.0 Å². The highest BCUT2D eigenvalue weighted by atomic mass is 16.6. The first-order valence-corrected chi connectivity index (χ1v) is 6.89. The average Bonchev–Trinajstić information content (AvgIpc) is 2.47.